The minimum Gasteiger partial charge on any atom is -0.302 e. The van der Waals surface area contributed by atoms with Gasteiger partial charge in [0, 0.05) is 11.9 Å². The standard InChI is InChI=1S/C12H18N2OS/c1-2-12-13-10(9-16-12)7-14-6-4-3-5-11(14)8-15/h8-9,11H,2-7H2,1H3. The molecule has 0 bridgehead atoms. The molecule has 4 heteroatoms. The number of aryl methyl sites for hydroxylation is 1. The number of piperidine rings is 1. The molecule has 1 fully saturated rings. The summed E-state index contributed by atoms with van der Waals surface area (Å²) < 4.78 is 0. The number of thiazole rings is 1. The van der Waals surface area contributed by atoms with E-state index in [1.807, 2.05) is 0 Å². The van der Waals surface area contributed by atoms with E-state index in [4.69, 9.17) is 0 Å². The molecule has 2 rings (SSSR count). The van der Waals surface area contributed by atoms with E-state index in [1.165, 1.54) is 17.8 Å². The number of aromatic nitrogens is 1. The van der Waals surface area contributed by atoms with Crippen LogP contribution >= 0.6 is 11.3 Å². The van der Waals surface area contributed by atoms with Crippen LogP contribution in [0.25, 0.3) is 0 Å². The fourth-order valence-electron chi connectivity index (χ4n) is 2.16. The molecule has 0 aromatic carbocycles. The van der Waals surface area contributed by atoms with Gasteiger partial charge in [0.15, 0.2) is 0 Å². The van der Waals surface area contributed by atoms with Gasteiger partial charge in [0.25, 0.3) is 0 Å². The van der Waals surface area contributed by atoms with Crippen molar-refractivity contribution in [1.29, 1.82) is 0 Å². The molecule has 88 valence electrons. The zero-order valence-electron chi connectivity index (χ0n) is 9.69. The Kier molecular flexibility index (Phi) is 4.07. The Balaban J connectivity index is 1.99. The lowest BCUT2D eigenvalue weighted by atomic mass is 10.0. The molecule has 16 heavy (non-hydrogen) atoms. The monoisotopic (exact) mass is 238 g/mol. The summed E-state index contributed by atoms with van der Waals surface area (Å²) in [6.45, 7) is 3.99. The highest BCUT2D eigenvalue weighted by Gasteiger charge is 2.22. The summed E-state index contributed by atoms with van der Waals surface area (Å²) in [7, 11) is 0. The van der Waals surface area contributed by atoms with Gasteiger partial charge in [-0.15, -0.1) is 11.3 Å². The van der Waals surface area contributed by atoms with Crippen molar-refractivity contribution in [2.75, 3.05) is 6.54 Å². The van der Waals surface area contributed by atoms with Gasteiger partial charge in [0.2, 0.25) is 0 Å². The van der Waals surface area contributed by atoms with Crippen molar-refractivity contribution in [2.45, 2.75) is 45.2 Å². The highest BCUT2D eigenvalue weighted by Crippen LogP contribution is 2.19. The number of carbonyl (C=O) groups excluding carboxylic acids is 1. The normalized spacial score (nSPS) is 22.2. The third-order valence-electron chi connectivity index (χ3n) is 3.09. The van der Waals surface area contributed by atoms with Crippen LogP contribution in [0.2, 0.25) is 0 Å². The summed E-state index contributed by atoms with van der Waals surface area (Å²) in [5.74, 6) is 0. The average molecular weight is 238 g/mol. The van der Waals surface area contributed by atoms with Gasteiger partial charge in [0.1, 0.15) is 6.29 Å². The van der Waals surface area contributed by atoms with E-state index in [1.54, 1.807) is 11.3 Å². The van der Waals surface area contributed by atoms with Crippen molar-refractivity contribution in [3.8, 4) is 0 Å². The predicted octanol–water partition coefficient (Wildman–Crippen LogP) is 2.26. The maximum absolute atomic E-state index is 11.0. The van der Waals surface area contributed by atoms with Gasteiger partial charge >= 0.3 is 0 Å². The Morgan fingerprint density at radius 1 is 1.62 bits per heavy atom. The van der Waals surface area contributed by atoms with Crippen molar-refractivity contribution in [3.05, 3.63) is 16.1 Å². The van der Waals surface area contributed by atoms with Gasteiger partial charge in [0.05, 0.1) is 16.7 Å². The molecule has 1 aliphatic rings. The first-order valence-electron chi connectivity index (χ1n) is 5.96. The summed E-state index contributed by atoms with van der Waals surface area (Å²) in [5, 5.41) is 3.31. The second-order valence-corrected chi connectivity index (χ2v) is 5.20. The van der Waals surface area contributed by atoms with Gasteiger partial charge < -0.3 is 4.79 Å². The fourth-order valence-corrected chi connectivity index (χ4v) is 2.90. The Bertz CT molecular complexity index is 351. The first-order chi connectivity index (χ1) is 7.83. The highest BCUT2D eigenvalue weighted by molar-refractivity contribution is 7.09. The molecule has 0 radical (unpaired) electrons. The van der Waals surface area contributed by atoms with Gasteiger partial charge in [-0.05, 0) is 25.8 Å². The molecule has 0 aliphatic carbocycles. The van der Waals surface area contributed by atoms with Crippen LogP contribution in [0.3, 0.4) is 0 Å². The summed E-state index contributed by atoms with van der Waals surface area (Å²) in [4.78, 5) is 17.8. The molecule has 1 aromatic heterocycles. The second-order valence-electron chi connectivity index (χ2n) is 4.26. The maximum atomic E-state index is 11.0. The molecule has 3 nitrogen and oxygen atoms in total. The van der Waals surface area contributed by atoms with Crippen molar-refractivity contribution >= 4 is 17.6 Å². The van der Waals surface area contributed by atoms with Crippen LogP contribution in [0.1, 0.15) is 36.9 Å². The second kappa shape index (κ2) is 5.55. The quantitative estimate of drug-likeness (QED) is 0.754. The third kappa shape index (κ3) is 2.68. The van der Waals surface area contributed by atoms with E-state index in [0.29, 0.717) is 0 Å². The maximum Gasteiger partial charge on any atom is 0.137 e. The zero-order chi connectivity index (χ0) is 11.4. The number of carbonyl (C=O) groups is 1. The highest BCUT2D eigenvalue weighted by atomic mass is 32.1. The van der Waals surface area contributed by atoms with Gasteiger partial charge in [-0.3, -0.25) is 4.90 Å². The van der Waals surface area contributed by atoms with Crippen LogP contribution in [0.5, 0.6) is 0 Å². The molecule has 1 saturated heterocycles. The van der Waals surface area contributed by atoms with Gasteiger partial charge in [-0.1, -0.05) is 13.3 Å². The molecule has 2 heterocycles. The van der Waals surface area contributed by atoms with E-state index in [-0.39, 0.29) is 6.04 Å². The summed E-state index contributed by atoms with van der Waals surface area (Å²) >= 11 is 1.72. The fraction of sp³-hybridized carbons (Fsp3) is 0.667. The molecule has 0 amide bonds. The Morgan fingerprint density at radius 2 is 2.50 bits per heavy atom. The van der Waals surface area contributed by atoms with Crippen LogP contribution in [0.4, 0.5) is 0 Å². The molecular weight excluding hydrogens is 220 g/mol. The zero-order valence-corrected chi connectivity index (χ0v) is 10.5. The van der Waals surface area contributed by atoms with Crippen LogP contribution in [-0.2, 0) is 17.8 Å². The lowest BCUT2D eigenvalue weighted by molar-refractivity contribution is -0.113. The summed E-state index contributed by atoms with van der Waals surface area (Å²) in [6.07, 6.45) is 5.48. The lowest BCUT2D eigenvalue weighted by Gasteiger charge is -2.31. The molecule has 0 spiro atoms. The van der Waals surface area contributed by atoms with E-state index in [2.05, 4.69) is 22.2 Å². The van der Waals surface area contributed by atoms with E-state index in [0.717, 1.165) is 37.9 Å². The van der Waals surface area contributed by atoms with Crippen molar-refractivity contribution in [1.82, 2.24) is 9.88 Å². The summed E-state index contributed by atoms with van der Waals surface area (Å²) in [6, 6.07) is 0.112. The van der Waals surface area contributed by atoms with E-state index < -0.39 is 0 Å². The van der Waals surface area contributed by atoms with Gasteiger partial charge in [-0.25, -0.2) is 4.98 Å². The molecule has 0 saturated carbocycles. The first-order valence-corrected chi connectivity index (χ1v) is 6.84. The van der Waals surface area contributed by atoms with E-state index >= 15 is 0 Å². The molecule has 1 atom stereocenters. The minimum absolute atomic E-state index is 0.112. The third-order valence-corrected chi connectivity index (χ3v) is 4.13. The first kappa shape index (κ1) is 11.7. The SMILES string of the molecule is CCc1nc(CN2CCCCC2C=O)cs1. The van der Waals surface area contributed by atoms with Crippen LogP contribution in [0.15, 0.2) is 5.38 Å². The molecular formula is C12H18N2OS. The molecule has 0 N–H and O–H groups in total. The van der Waals surface area contributed by atoms with Crippen molar-refractivity contribution in [2.24, 2.45) is 0 Å². The number of aldehydes is 1. The summed E-state index contributed by atoms with van der Waals surface area (Å²) in [5.41, 5.74) is 1.12. The number of hydrogen-bond acceptors (Lipinski definition) is 4. The topological polar surface area (TPSA) is 33.2 Å². The number of likely N-dealkylation sites (tertiary alicyclic amines) is 1. The van der Waals surface area contributed by atoms with Crippen molar-refractivity contribution in [3.63, 3.8) is 0 Å². The molecule has 1 aromatic rings. The molecule has 1 unspecified atom stereocenters. The molecule has 1 aliphatic heterocycles. The number of hydrogen-bond donors (Lipinski definition) is 0. The Hall–Kier alpha value is -0.740. The predicted molar refractivity (Wildman–Crippen MR) is 65.6 cm³/mol. The Morgan fingerprint density at radius 3 is 3.19 bits per heavy atom. The van der Waals surface area contributed by atoms with Gasteiger partial charge in [-0.2, -0.15) is 0 Å². The minimum atomic E-state index is 0.112. The smallest absolute Gasteiger partial charge is 0.137 e. The largest absolute Gasteiger partial charge is 0.302 e. The number of rotatable bonds is 4. The average Bonchev–Trinajstić information content (AvgIpc) is 2.77. The number of nitrogens with zero attached hydrogens (tertiary/aromatic N) is 2. The van der Waals surface area contributed by atoms with E-state index in [9.17, 15) is 4.79 Å². The van der Waals surface area contributed by atoms with Crippen molar-refractivity contribution < 1.29 is 4.79 Å². The Labute approximate surface area is 100 Å². The van der Waals surface area contributed by atoms with Crippen LogP contribution in [0, 0.1) is 0 Å². The van der Waals surface area contributed by atoms with Crippen LogP contribution < -0.4 is 0 Å². The lowest BCUT2D eigenvalue weighted by Crippen LogP contribution is -2.39. The van der Waals surface area contributed by atoms with Crippen LogP contribution in [-0.4, -0.2) is 28.8 Å².